The van der Waals surface area contributed by atoms with Crippen LogP contribution in [-0.2, 0) is 11.2 Å². The Morgan fingerprint density at radius 2 is 1.70 bits per heavy atom. The van der Waals surface area contributed by atoms with E-state index in [1.54, 1.807) is 24.3 Å². The zero-order valence-corrected chi connectivity index (χ0v) is 12.6. The normalized spacial score (nSPS) is 10.3. The molecular formula is C18H18FNO3. The van der Waals surface area contributed by atoms with Crippen LogP contribution in [0.4, 0.5) is 4.39 Å². The van der Waals surface area contributed by atoms with Gasteiger partial charge in [0.15, 0.2) is 5.78 Å². The molecule has 120 valence electrons. The number of ketones is 1. The number of hydrogen-bond donors (Lipinski definition) is 2. The van der Waals surface area contributed by atoms with Gasteiger partial charge < -0.3 is 10.4 Å². The molecule has 0 unspecified atom stereocenters. The molecule has 2 N–H and O–H groups in total. The maximum absolute atomic E-state index is 13.4. The molecule has 0 bridgehead atoms. The van der Waals surface area contributed by atoms with Crippen molar-refractivity contribution in [1.82, 2.24) is 5.32 Å². The number of para-hydroxylation sites is 1. The molecule has 0 aromatic heterocycles. The third-order valence-corrected chi connectivity index (χ3v) is 3.46. The number of nitrogens with one attached hydrogen (secondary N) is 1. The molecule has 2 rings (SSSR count). The van der Waals surface area contributed by atoms with Gasteiger partial charge in [0.05, 0.1) is 5.56 Å². The average Bonchev–Trinajstić information content (AvgIpc) is 2.55. The van der Waals surface area contributed by atoms with Crippen molar-refractivity contribution in [1.29, 1.82) is 0 Å². The summed E-state index contributed by atoms with van der Waals surface area (Å²) in [5, 5.41) is 12.3. The molecule has 0 aliphatic heterocycles. The predicted octanol–water partition coefficient (Wildman–Crippen LogP) is 2.85. The van der Waals surface area contributed by atoms with Crippen molar-refractivity contribution < 1.29 is 19.1 Å². The molecule has 1 amide bonds. The fraction of sp³-hybridized carbons (Fsp3) is 0.222. The summed E-state index contributed by atoms with van der Waals surface area (Å²) in [6.07, 6.45) is 0.469. The van der Waals surface area contributed by atoms with Gasteiger partial charge in [-0.25, -0.2) is 4.39 Å². The second-order valence-corrected chi connectivity index (χ2v) is 5.13. The Morgan fingerprint density at radius 1 is 1.00 bits per heavy atom. The first kappa shape index (κ1) is 16.7. The Morgan fingerprint density at radius 3 is 2.43 bits per heavy atom. The van der Waals surface area contributed by atoms with E-state index in [4.69, 9.17) is 0 Å². The van der Waals surface area contributed by atoms with Gasteiger partial charge in [0.1, 0.15) is 11.6 Å². The second-order valence-electron chi connectivity index (χ2n) is 5.13. The number of carbonyl (C=O) groups excluding carboxylic acids is 2. The first-order valence-electron chi connectivity index (χ1n) is 7.39. The molecule has 5 heteroatoms. The second kappa shape index (κ2) is 8.08. The quantitative estimate of drug-likeness (QED) is 0.772. The van der Waals surface area contributed by atoms with Crippen molar-refractivity contribution in [3.63, 3.8) is 0 Å². The van der Waals surface area contributed by atoms with Gasteiger partial charge in [-0.3, -0.25) is 9.59 Å². The molecule has 0 aliphatic carbocycles. The van der Waals surface area contributed by atoms with Crippen LogP contribution >= 0.6 is 0 Å². The highest BCUT2D eigenvalue weighted by Crippen LogP contribution is 2.15. The molecule has 4 nitrogen and oxygen atoms in total. The number of phenolic OH excluding ortho intramolecular Hbond substituents is 1. The number of carbonyl (C=O) groups is 2. The van der Waals surface area contributed by atoms with Gasteiger partial charge in [0.25, 0.3) is 0 Å². The van der Waals surface area contributed by atoms with E-state index >= 15 is 0 Å². The molecule has 0 saturated carbocycles. The van der Waals surface area contributed by atoms with Crippen LogP contribution in [0.2, 0.25) is 0 Å². The molecule has 0 fully saturated rings. The molecule has 0 saturated heterocycles. The van der Waals surface area contributed by atoms with Crippen molar-refractivity contribution in [2.75, 3.05) is 6.54 Å². The molecule has 0 atom stereocenters. The van der Waals surface area contributed by atoms with Crippen LogP contribution in [0.5, 0.6) is 5.75 Å². The molecule has 0 spiro atoms. The van der Waals surface area contributed by atoms with Crippen molar-refractivity contribution in [3.8, 4) is 5.75 Å². The van der Waals surface area contributed by atoms with Crippen LogP contribution in [0.3, 0.4) is 0 Å². The van der Waals surface area contributed by atoms with Gasteiger partial charge in [0.2, 0.25) is 5.91 Å². The van der Waals surface area contributed by atoms with Gasteiger partial charge in [-0.1, -0.05) is 30.3 Å². The summed E-state index contributed by atoms with van der Waals surface area (Å²) >= 11 is 0. The smallest absolute Gasteiger partial charge is 0.220 e. The van der Waals surface area contributed by atoms with E-state index in [1.807, 2.05) is 6.07 Å². The highest BCUT2D eigenvalue weighted by Gasteiger charge is 2.12. The number of amides is 1. The minimum Gasteiger partial charge on any atom is -0.508 e. The fourth-order valence-electron chi connectivity index (χ4n) is 2.20. The lowest BCUT2D eigenvalue weighted by Gasteiger charge is -2.07. The van der Waals surface area contributed by atoms with E-state index < -0.39 is 5.82 Å². The predicted molar refractivity (Wildman–Crippen MR) is 84.8 cm³/mol. The first-order chi connectivity index (χ1) is 11.1. The lowest BCUT2D eigenvalue weighted by Crippen LogP contribution is -2.26. The van der Waals surface area contributed by atoms with Gasteiger partial charge in [-0.15, -0.1) is 0 Å². The number of Topliss-reactive ketones (excluding diaryl/α,β-unsaturated/α-hetero) is 1. The molecule has 2 aromatic rings. The zero-order valence-electron chi connectivity index (χ0n) is 12.6. The molecule has 23 heavy (non-hydrogen) atoms. The monoisotopic (exact) mass is 315 g/mol. The van der Waals surface area contributed by atoms with E-state index in [-0.39, 0.29) is 35.8 Å². The van der Waals surface area contributed by atoms with Crippen molar-refractivity contribution in [2.45, 2.75) is 19.3 Å². The number of rotatable bonds is 7. The molecule has 0 heterocycles. The Kier molecular flexibility index (Phi) is 5.86. The van der Waals surface area contributed by atoms with Crippen molar-refractivity contribution in [3.05, 3.63) is 65.5 Å². The van der Waals surface area contributed by atoms with Crippen LogP contribution in [0.1, 0.15) is 28.8 Å². The third-order valence-electron chi connectivity index (χ3n) is 3.46. The topological polar surface area (TPSA) is 66.4 Å². The summed E-state index contributed by atoms with van der Waals surface area (Å²) in [7, 11) is 0. The van der Waals surface area contributed by atoms with Crippen LogP contribution < -0.4 is 5.32 Å². The van der Waals surface area contributed by atoms with Crippen molar-refractivity contribution >= 4 is 11.7 Å². The number of halogens is 1. The van der Waals surface area contributed by atoms with Gasteiger partial charge in [-0.05, 0) is 30.2 Å². The summed E-state index contributed by atoms with van der Waals surface area (Å²) in [5.41, 5.74) is 0.754. The number of hydrogen-bond acceptors (Lipinski definition) is 3. The lowest BCUT2D eigenvalue weighted by atomic mass is 10.1. The lowest BCUT2D eigenvalue weighted by molar-refractivity contribution is -0.121. The van der Waals surface area contributed by atoms with E-state index in [0.717, 1.165) is 5.56 Å². The van der Waals surface area contributed by atoms with Gasteiger partial charge in [-0.2, -0.15) is 0 Å². The summed E-state index contributed by atoms with van der Waals surface area (Å²) < 4.78 is 13.4. The Labute approximate surface area is 134 Å². The Bertz CT molecular complexity index is 700. The van der Waals surface area contributed by atoms with E-state index in [9.17, 15) is 19.1 Å². The molecular weight excluding hydrogens is 297 g/mol. The van der Waals surface area contributed by atoms with Gasteiger partial charge >= 0.3 is 0 Å². The van der Waals surface area contributed by atoms with Crippen molar-refractivity contribution in [2.24, 2.45) is 0 Å². The number of benzene rings is 2. The minimum atomic E-state index is -0.572. The van der Waals surface area contributed by atoms with Crippen LogP contribution in [-0.4, -0.2) is 23.3 Å². The number of aromatic hydroxyl groups is 1. The Balaban J connectivity index is 1.74. The Hall–Kier alpha value is -2.69. The standard InChI is InChI=1S/C18H18FNO3/c19-15-7-3-2-6-14(15)17(22)9-10-18(23)20-12-11-13-5-1-4-8-16(13)21/h1-8,21H,9-12H2,(H,20,23). The van der Waals surface area contributed by atoms with E-state index in [1.165, 1.54) is 18.2 Å². The van der Waals surface area contributed by atoms with Crippen LogP contribution in [0, 0.1) is 5.82 Å². The summed E-state index contributed by atoms with van der Waals surface area (Å²) in [6, 6.07) is 12.6. The number of phenols is 1. The third kappa shape index (κ3) is 4.92. The largest absolute Gasteiger partial charge is 0.508 e. The maximum Gasteiger partial charge on any atom is 0.220 e. The highest BCUT2D eigenvalue weighted by molar-refractivity contribution is 5.98. The molecule has 0 radical (unpaired) electrons. The summed E-state index contributed by atoms with van der Waals surface area (Å²) in [6.45, 7) is 0.365. The molecule has 0 aliphatic rings. The van der Waals surface area contributed by atoms with Gasteiger partial charge in [0, 0.05) is 19.4 Å². The van der Waals surface area contributed by atoms with E-state index in [2.05, 4.69) is 5.32 Å². The van der Waals surface area contributed by atoms with E-state index in [0.29, 0.717) is 13.0 Å². The SMILES string of the molecule is O=C(CCC(=O)c1ccccc1F)NCCc1ccccc1O. The fourth-order valence-corrected chi connectivity index (χ4v) is 2.20. The first-order valence-corrected chi connectivity index (χ1v) is 7.39. The highest BCUT2D eigenvalue weighted by atomic mass is 19.1. The summed E-state index contributed by atoms with van der Waals surface area (Å²) in [4.78, 5) is 23.6. The minimum absolute atomic E-state index is 0.00788. The zero-order chi connectivity index (χ0) is 16.7. The molecule has 2 aromatic carbocycles. The summed E-state index contributed by atoms with van der Waals surface area (Å²) in [5.74, 6) is -1.04. The van der Waals surface area contributed by atoms with Crippen LogP contribution in [0.25, 0.3) is 0 Å². The maximum atomic E-state index is 13.4. The van der Waals surface area contributed by atoms with Crippen LogP contribution in [0.15, 0.2) is 48.5 Å². The average molecular weight is 315 g/mol.